The van der Waals surface area contributed by atoms with E-state index in [2.05, 4.69) is 9.72 Å². The van der Waals surface area contributed by atoms with Gasteiger partial charge in [0.05, 0.1) is 23.1 Å². The fraction of sp³-hybridized carbons (Fsp3) is 0.333. The van der Waals surface area contributed by atoms with Crippen LogP contribution < -0.4 is 5.73 Å². The van der Waals surface area contributed by atoms with Crippen molar-refractivity contribution in [3.8, 4) is 0 Å². The highest BCUT2D eigenvalue weighted by atomic mass is 16.7. The molecule has 0 bridgehead atoms. The molecule has 14 heavy (non-hydrogen) atoms. The van der Waals surface area contributed by atoms with Gasteiger partial charge in [0.1, 0.15) is 0 Å². The van der Waals surface area contributed by atoms with E-state index in [1.54, 1.807) is 6.92 Å². The molecule has 0 radical (unpaired) electrons. The van der Waals surface area contributed by atoms with Crippen molar-refractivity contribution in [3.05, 3.63) is 23.5 Å². The lowest BCUT2D eigenvalue weighted by molar-refractivity contribution is -0.0125. The number of esters is 1. The van der Waals surface area contributed by atoms with Crippen molar-refractivity contribution < 1.29 is 14.3 Å². The first-order valence-electron chi connectivity index (χ1n) is 4.03. The molecular formula is C9H12N2O3. The Kier molecular flexibility index (Phi) is 3.41. The summed E-state index contributed by atoms with van der Waals surface area (Å²) >= 11 is 0. The van der Waals surface area contributed by atoms with Gasteiger partial charge in [-0.05, 0) is 13.0 Å². The Balaban J connectivity index is 2.83. The van der Waals surface area contributed by atoms with Crippen LogP contribution in [0, 0.1) is 6.92 Å². The summed E-state index contributed by atoms with van der Waals surface area (Å²) in [6.45, 7) is 1.63. The molecule has 0 saturated heterocycles. The van der Waals surface area contributed by atoms with Crippen LogP contribution in [0.25, 0.3) is 0 Å². The van der Waals surface area contributed by atoms with E-state index in [0.29, 0.717) is 16.9 Å². The van der Waals surface area contributed by atoms with Gasteiger partial charge in [-0.15, -0.1) is 0 Å². The summed E-state index contributed by atoms with van der Waals surface area (Å²) in [5.74, 6) is -0.482. The fourth-order valence-electron chi connectivity index (χ4n) is 0.946. The number of aryl methyl sites for hydroxylation is 1. The molecule has 1 aromatic rings. The normalized spacial score (nSPS) is 9.86. The highest BCUT2D eigenvalue weighted by Crippen LogP contribution is 2.10. The largest absolute Gasteiger partial charge is 0.435 e. The number of nitrogen functional groups attached to an aromatic ring is 1. The number of methoxy groups -OCH3 is 1. The van der Waals surface area contributed by atoms with Crippen LogP contribution >= 0.6 is 0 Å². The van der Waals surface area contributed by atoms with Gasteiger partial charge in [0.2, 0.25) is 0 Å². The van der Waals surface area contributed by atoms with Gasteiger partial charge < -0.3 is 15.2 Å². The monoisotopic (exact) mass is 196 g/mol. The molecule has 1 heterocycles. The maximum absolute atomic E-state index is 11.4. The van der Waals surface area contributed by atoms with Crippen LogP contribution in [0.15, 0.2) is 12.3 Å². The van der Waals surface area contributed by atoms with Gasteiger partial charge in [-0.25, -0.2) is 4.79 Å². The number of nitrogens with two attached hydrogens (primary N) is 1. The number of hydrogen-bond acceptors (Lipinski definition) is 5. The molecule has 0 aliphatic heterocycles. The number of carbonyl (C=O) groups excluding carboxylic acids is 1. The molecule has 76 valence electrons. The molecule has 5 nitrogen and oxygen atoms in total. The van der Waals surface area contributed by atoms with Gasteiger partial charge in [-0.2, -0.15) is 0 Å². The maximum atomic E-state index is 11.4. The number of nitrogens with zero attached hydrogens (tertiary/aromatic N) is 1. The standard InChI is InChI=1S/C9H12N2O3/c1-6-8(3-7(10)4-11-6)9(12)14-5-13-2/h3-4H,5,10H2,1-2H3. The topological polar surface area (TPSA) is 74.4 Å². The molecule has 0 unspecified atom stereocenters. The van der Waals surface area contributed by atoms with Gasteiger partial charge in [0.25, 0.3) is 0 Å². The molecule has 0 atom stereocenters. The molecule has 2 N–H and O–H groups in total. The molecule has 0 spiro atoms. The van der Waals surface area contributed by atoms with Gasteiger partial charge in [0, 0.05) is 7.11 Å². The quantitative estimate of drug-likeness (QED) is 0.570. The minimum Gasteiger partial charge on any atom is -0.435 e. The number of pyridine rings is 1. The Hall–Kier alpha value is -1.62. The highest BCUT2D eigenvalue weighted by molar-refractivity contribution is 5.91. The summed E-state index contributed by atoms with van der Waals surface area (Å²) in [5.41, 5.74) is 6.87. The molecule has 0 amide bonds. The Labute approximate surface area is 81.8 Å². The third-order valence-electron chi connectivity index (χ3n) is 1.64. The van der Waals surface area contributed by atoms with Crippen LogP contribution in [0.2, 0.25) is 0 Å². The Morgan fingerprint density at radius 3 is 3.00 bits per heavy atom. The summed E-state index contributed by atoms with van der Waals surface area (Å²) < 4.78 is 9.37. The Bertz CT molecular complexity index is 339. The molecule has 0 aromatic carbocycles. The van der Waals surface area contributed by atoms with E-state index in [9.17, 15) is 4.79 Å². The second kappa shape index (κ2) is 4.57. The van der Waals surface area contributed by atoms with Crippen molar-refractivity contribution >= 4 is 11.7 Å². The van der Waals surface area contributed by atoms with Crippen LogP contribution in [0.4, 0.5) is 5.69 Å². The molecule has 1 aromatic heterocycles. The predicted octanol–water partition coefficient (Wildman–Crippen LogP) is 0.733. The number of hydrogen-bond donors (Lipinski definition) is 1. The Morgan fingerprint density at radius 2 is 2.36 bits per heavy atom. The zero-order valence-corrected chi connectivity index (χ0v) is 8.11. The lowest BCUT2D eigenvalue weighted by Crippen LogP contribution is -2.10. The first kappa shape index (κ1) is 10.5. The third kappa shape index (κ3) is 2.43. The second-order valence-electron chi connectivity index (χ2n) is 2.74. The van der Waals surface area contributed by atoms with Crippen LogP contribution in [-0.4, -0.2) is 24.9 Å². The van der Waals surface area contributed by atoms with E-state index in [-0.39, 0.29) is 6.79 Å². The van der Waals surface area contributed by atoms with E-state index >= 15 is 0 Å². The number of ether oxygens (including phenoxy) is 2. The van der Waals surface area contributed by atoms with E-state index in [1.807, 2.05) is 0 Å². The average Bonchev–Trinajstić information content (AvgIpc) is 2.18. The fourth-order valence-corrected chi connectivity index (χ4v) is 0.946. The summed E-state index contributed by atoms with van der Waals surface area (Å²) in [5, 5.41) is 0. The molecule has 0 fully saturated rings. The van der Waals surface area contributed by atoms with Gasteiger partial charge in [-0.1, -0.05) is 0 Å². The third-order valence-corrected chi connectivity index (χ3v) is 1.64. The highest BCUT2D eigenvalue weighted by Gasteiger charge is 2.11. The van der Waals surface area contributed by atoms with E-state index in [0.717, 1.165) is 0 Å². The molecular weight excluding hydrogens is 184 g/mol. The first-order valence-corrected chi connectivity index (χ1v) is 4.03. The molecule has 0 aliphatic rings. The SMILES string of the molecule is COCOC(=O)c1cc(N)cnc1C. The summed E-state index contributed by atoms with van der Waals surface area (Å²) in [6.07, 6.45) is 1.49. The Morgan fingerprint density at radius 1 is 1.64 bits per heavy atom. The minimum absolute atomic E-state index is 0.0763. The van der Waals surface area contributed by atoms with Crippen LogP contribution in [-0.2, 0) is 9.47 Å². The molecule has 5 heteroatoms. The number of carbonyl (C=O) groups is 1. The lowest BCUT2D eigenvalue weighted by Gasteiger charge is -2.05. The van der Waals surface area contributed by atoms with Gasteiger partial charge in [-0.3, -0.25) is 4.98 Å². The van der Waals surface area contributed by atoms with Crippen molar-refractivity contribution in [3.63, 3.8) is 0 Å². The maximum Gasteiger partial charge on any atom is 0.342 e. The van der Waals surface area contributed by atoms with E-state index in [4.69, 9.17) is 10.5 Å². The van der Waals surface area contributed by atoms with Crippen LogP contribution in [0.5, 0.6) is 0 Å². The number of anilines is 1. The predicted molar refractivity (Wildman–Crippen MR) is 50.7 cm³/mol. The van der Waals surface area contributed by atoms with Crippen molar-refractivity contribution in [2.24, 2.45) is 0 Å². The number of aromatic nitrogens is 1. The zero-order chi connectivity index (χ0) is 10.6. The molecule has 1 rings (SSSR count). The first-order chi connectivity index (χ1) is 6.65. The molecule has 0 saturated carbocycles. The van der Waals surface area contributed by atoms with Crippen molar-refractivity contribution in [1.29, 1.82) is 0 Å². The van der Waals surface area contributed by atoms with Crippen molar-refractivity contribution in [2.45, 2.75) is 6.92 Å². The van der Waals surface area contributed by atoms with Crippen LogP contribution in [0.1, 0.15) is 16.1 Å². The second-order valence-corrected chi connectivity index (χ2v) is 2.74. The van der Waals surface area contributed by atoms with Crippen molar-refractivity contribution in [1.82, 2.24) is 4.98 Å². The zero-order valence-electron chi connectivity index (χ0n) is 8.11. The summed E-state index contributed by atoms with van der Waals surface area (Å²) in [7, 11) is 1.44. The smallest absolute Gasteiger partial charge is 0.342 e. The van der Waals surface area contributed by atoms with Gasteiger partial charge >= 0.3 is 5.97 Å². The minimum atomic E-state index is -0.482. The summed E-state index contributed by atoms with van der Waals surface area (Å²) in [4.78, 5) is 15.3. The van der Waals surface area contributed by atoms with Crippen LogP contribution in [0.3, 0.4) is 0 Å². The lowest BCUT2D eigenvalue weighted by atomic mass is 10.2. The van der Waals surface area contributed by atoms with E-state index in [1.165, 1.54) is 19.4 Å². The summed E-state index contributed by atoms with van der Waals surface area (Å²) in [6, 6.07) is 1.53. The van der Waals surface area contributed by atoms with E-state index < -0.39 is 5.97 Å². The number of rotatable bonds is 3. The average molecular weight is 196 g/mol. The molecule has 0 aliphatic carbocycles. The van der Waals surface area contributed by atoms with Crippen molar-refractivity contribution in [2.75, 3.05) is 19.6 Å². The van der Waals surface area contributed by atoms with Gasteiger partial charge in [0.15, 0.2) is 6.79 Å².